The average molecular weight is 320 g/mol. The molecule has 20 heavy (non-hydrogen) atoms. The van der Waals surface area contributed by atoms with E-state index in [4.69, 9.17) is 5.11 Å². The first-order chi connectivity index (χ1) is 9.33. The maximum atomic E-state index is 13.4. The number of sulfonamides is 1. The van der Waals surface area contributed by atoms with E-state index in [1.165, 1.54) is 0 Å². The number of nitrogens with zero attached hydrogens (tertiary/aromatic N) is 1. The van der Waals surface area contributed by atoms with Crippen LogP contribution in [0.3, 0.4) is 0 Å². The quantitative estimate of drug-likeness (QED) is 0.897. The fourth-order valence-corrected chi connectivity index (χ4v) is 3.54. The van der Waals surface area contributed by atoms with Crippen molar-refractivity contribution in [2.45, 2.75) is 4.21 Å². The Labute approximate surface area is 115 Å². The van der Waals surface area contributed by atoms with Gasteiger partial charge in [-0.15, -0.1) is 11.3 Å². The van der Waals surface area contributed by atoms with Crippen molar-refractivity contribution >= 4 is 33.0 Å². The molecule has 2 aromatic rings. The normalized spacial score (nSPS) is 11.3. The highest BCUT2D eigenvalue weighted by atomic mass is 32.2. The topological polar surface area (TPSA) is 96.4 Å². The summed E-state index contributed by atoms with van der Waals surface area (Å²) in [7, 11) is -4.37. The number of aromatic carboxylic acids is 1. The van der Waals surface area contributed by atoms with Crippen LogP contribution in [0.4, 0.5) is 14.5 Å². The van der Waals surface area contributed by atoms with Gasteiger partial charge in [-0.3, -0.25) is 4.72 Å². The third-order valence-corrected chi connectivity index (χ3v) is 4.91. The van der Waals surface area contributed by atoms with E-state index in [2.05, 4.69) is 4.98 Å². The summed E-state index contributed by atoms with van der Waals surface area (Å²) in [6.07, 6.45) is 0. The van der Waals surface area contributed by atoms with Gasteiger partial charge in [0.2, 0.25) is 0 Å². The van der Waals surface area contributed by atoms with Crippen LogP contribution in [0.1, 0.15) is 10.5 Å². The molecule has 1 aromatic heterocycles. The van der Waals surface area contributed by atoms with Gasteiger partial charge in [0.25, 0.3) is 10.0 Å². The van der Waals surface area contributed by atoms with Gasteiger partial charge in [0.15, 0.2) is 21.5 Å². The van der Waals surface area contributed by atoms with Crippen LogP contribution in [-0.4, -0.2) is 24.5 Å². The summed E-state index contributed by atoms with van der Waals surface area (Å²) in [4.78, 5) is 14.2. The third kappa shape index (κ3) is 2.60. The lowest BCUT2D eigenvalue weighted by Crippen LogP contribution is -2.16. The second-order valence-corrected chi connectivity index (χ2v) is 6.23. The summed E-state index contributed by atoms with van der Waals surface area (Å²) in [6, 6.07) is 2.95. The summed E-state index contributed by atoms with van der Waals surface area (Å²) in [5, 5.41) is 8.80. The number of nitrogens with one attached hydrogen (secondary N) is 1. The Bertz CT molecular complexity index is 773. The second-order valence-electron chi connectivity index (χ2n) is 3.50. The Morgan fingerprint density at radius 1 is 1.35 bits per heavy atom. The van der Waals surface area contributed by atoms with E-state index in [9.17, 15) is 22.0 Å². The average Bonchev–Trinajstić information content (AvgIpc) is 2.85. The molecular weight excluding hydrogens is 314 g/mol. The monoisotopic (exact) mass is 320 g/mol. The summed E-state index contributed by atoms with van der Waals surface area (Å²) in [5.74, 6) is -4.14. The van der Waals surface area contributed by atoms with Gasteiger partial charge in [-0.2, -0.15) is 0 Å². The van der Waals surface area contributed by atoms with Crippen molar-refractivity contribution in [1.82, 2.24) is 4.98 Å². The molecule has 10 heteroatoms. The number of rotatable bonds is 4. The predicted octanol–water partition coefficient (Wildman–Crippen LogP) is 1.92. The standard InChI is InChI=1S/C10H6F2N2O4S2/c11-5-2-1-3-6(7(5)12)14-20(17,18)10-8(9(15)16)13-4-19-10/h1-4,14H,(H,15,16). The summed E-state index contributed by atoms with van der Waals surface area (Å²) in [5.41, 5.74) is -0.269. The highest BCUT2D eigenvalue weighted by Crippen LogP contribution is 2.25. The van der Waals surface area contributed by atoms with Crippen molar-refractivity contribution in [3.05, 3.63) is 41.0 Å². The number of carboxylic acid groups (broad SMARTS) is 1. The zero-order valence-corrected chi connectivity index (χ0v) is 11.1. The molecule has 0 unspecified atom stereocenters. The van der Waals surface area contributed by atoms with Gasteiger partial charge in [0.1, 0.15) is 0 Å². The van der Waals surface area contributed by atoms with Crippen molar-refractivity contribution in [3.8, 4) is 0 Å². The van der Waals surface area contributed by atoms with Crippen LogP contribution in [0, 0.1) is 11.6 Å². The molecule has 1 heterocycles. The Morgan fingerprint density at radius 2 is 2.05 bits per heavy atom. The number of hydrogen-bond acceptors (Lipinski definition) is 5. The summed E-state index contributed by atoms with van der Waals surface area (Å²) in [6.45, 7) is 0. The molecule has 0 saturated heterocycles. The fraction of sp³-hybridized carbons (Fsp3) is 0. The largest absolute Gasteiger partial charge is 0.476 e. The van der Waals surface area contributed by atoms with Crippen molar-refractivity contribution in [3.63, 3.8) is 0 Å². The maximum Gasteiger partial charge on any atom is 0.356 e. The molecule has 2 N–H and O–H groups in total. The second kappa shape index (κ2) is 5.13. The van der Waals surface area contributed by atoms with Crippen molar-refractivity contribution < 1.29 is 27.1 Å². The van der Waals surface area contributed by atoms with Crippen LogP contribution in [0.5, 0.6) is 0 Å². The molecule has 0 aliphatic rings. The zero-order chi connectivity index (χ0) is 14.9. The van der Waals surface area contributed by atoms with Gasteiger partial charge >= 0.3 is 5.97 Å². The number of hydrogen-bond donors (Lipinski definition) is 2. The smallest absolute Gasteiger partial charge is 0.356 e. The van der Waals surface area contributed by atoms with Crippen molar-refractivity contribution in [2.75, 3.05) is 4.72 Å². The molecule has 0 spiro atoms. The van der Waals surface area contributed by atoms with E-state index in [0.717, 1.165) is 23.7 Å². The summed E-state index contributed by atoms with van der Waals surface area (Å²) >= 11 is 0.556. The molecule has 2 rings (SSSR count). The molecule has 0 bridgehead atoms. The minimum absolute atomic E-state index is 0.556. The van der Waals surface area contributed by atoms with Gasteiger partial charge in [0.05, 0.1) is 11.2 Å². The summed E-state index contributed by atoms with van der Waals surface area (Å²) < 4.78 is 51.5. The molecule has 1 aromatic carbocycles. The van der Waals surface area contributed by atoms with Crippen molar-refractivity contribution in [2.24, 2.45) is 0 Å². The first kappa shape index (κ1) is 14.3. The van der Waals surface area contributed by atoms with Crippen LogP contribution in [-0.2, 0) is 10.0 Å². The Hall–Kier alpha value is -2.07. The Morgan fingerprint density at radius 3 is 2.70 bits per heavy atom. The number of aromatic nitrogens is 1. The predicted molar refractivity (Wildman–Crippen MR) is 66.2 cm³/mol. The first-order valence-electron chi connectivity index (χ1n) is 4.96. The minimum Gasteiger partial charge on any atom is -0.476 e. The SMILES string of the molecule is O=C(O)c1ncsc1S(=O)(=O)Nc1cccc(F)c1F. The molecule has 0 radical (unpaired) electrons. The molecule has 0 amide bonds. The lowest BCUT2D eigenvalue weighted by molar-refractivity contribution is 0.0687. The number of carboxylic acids is 1. The molecule has 0 atom stereocenters. The Kier molecular flexibility index (Phi) is 3.68. The highest BCUT2D eigenvalue weighted by molar-refractivity contribution is 7.94. The molecule has 106 valence electrons. The fourth-order valence-electron chi connectivity index (χ4n) is 1.34. The number of carbonyl (C=O) groups is 1. The molecule has 0 aliphatic carbocycles. The van der Waals surface area contributed by atoms with Crippen LogP contribution in [0.2, 0.25) is 0 Å². The van der Waals surface area contributed by atoms with E-state index in [0.29, 0.717) is 11.3 Å². The lowest BCUT2D eigenvalue weighted by atomic mass is 10.3. The number of anilines is 1. The van der Waals surface area contributed by atoms with E-state index < -0.39 is 43.2 Å². The Balaban J connectivity index is 2.44. The van der Waals surface area contributed by atoms with Crippen LogP contribution in [0.15, 0.2) is 27.9 Å². The lowest BCUT2D eigenvalue weighted by Gasteiger charge is -2.07. The van der Waals surface area contributed by atoms with Gasteiger partial charge in [-0.1, -0.05) is 6.07 Å². The van der Waals surface area contributed by atoms with Gasteiger partial charge in [0, 0.05) is 0 Å². The molecule has 6 nitrogen and oxygen atoms in total. The van der Waals surface area contributed by atoms with Crippen LogP contribution >= 0.6 is 11.3 Å². The van der Waals surface area contributed by atoms with E-state index in [1.807, 2.05) is 0 Å². The molecular formula is C10H6F2N2O4S2. The van der Waals surface area contributed by atoms with E-state index in [1.54, 1.807) is 4.72 Å². The number of thiazole rings is 1. The first-order valence-corrected chi connectivity index (χ1v) is 7.33. The van der Waals surface area contributed by atoms with Crippen LogP contribution in [0.25, 0.3) is 0 Å². The van der Waals surface area contributed by atoms with Gasteiger partial charge in [-0.05, 0) is 12.1 Å². The molecule has 0 fully saturated rings. The highest BCUT2D eigenvalue weighted by Gasteiger charge is 2.26. The number of halogens is 2. The third-order valence-electron chi connectivity index (χ3n) is 2.18. The van der Waals surface area contributed by atoms with E-state index in [-0.39, 0.29) is 0 Å². The van der Waals surface area contributed by atoms with Gasteiger partial charge in [-0.25, -0.2) is 27.0 Å². The number of benzene rings is 1. The molecule has 0 aliphatic heterocycles. The van der Waals surface area contributed by atoms with Gasteiger partial charge < -0.3 is 5.11 Å². The maximum absolute atomic E-state index is 13.4. The van der Waals surface area contributed by atoms with E-state index >= 15 is 0 Å². The molecule has 0 saturated carbocycles. The van der Waals surface area contributed by atoms with Crippen molar-refractivity contribution in [1.29, 1.82) is 0 Å². The van der Waals surface area contributed by atoms with Crippen LogP contribution < -0.4 is 4.72 Å². The zero-order valence-electron chi connectivity index (χ0n) is 9.50. The minimum atomic E-state index is -4.37.